The molecule has 5 heterocycles. The van der Waals surface area contributed by atoms with Gasteiger partial charge in [0, 0.05) is 67.8 Å². The van der Waals surface area contributed by atoms with Crippen LogP contribution in [-0.2, 0) is 0 Å². The van der Waals surface area contributed by atoms with Crippen molar-refractivity contribution in [3.63, 3.8) is 0 Å². The first-order chi connectivity index (χ1) is 17.8. The van der Waals surface area contributed by atoms with Gasteiger partial charge in [0.1, 0.15) is 5.65 Å². The van der Waals surface area contributed by atoms with Gasteiger partial charge >= 0.3 is 6.03 Å². The molecule has 1 aromatic carbocycles. The normalized spacial score (nSPS) is 17.4. The largest absolute Gasteiger partial charge is 0.355 e. The standard InChI is InChI=1S/C28H33N7OS/c1-28(2,3)35-14-12-34(13-15-35)27(36)33-10-7-19(8-11-33)24-17-21-22(6-9-29-26(21)32-24)31-20-4-5-23-25(16-20)37-18-30-23/h4-7,9,16-18H,8,10-15H2,1-3H3,(H2,29,31,32). The van der Waals surface area contributed by atoms with E-state index in [2.05, 4.69) is 70.2 Å². The Morgan fingerprint density at radius 1 is 1.03 bits per heavy atom. The molecule has 4 aromatic rings. The van der Waals surface area contributed by atoms with Crippen LogP contribution in [0.5, 0.6) is 0 Å². The van der Waals surface area contributed by atoms with E-state index in [-0.39, 0.29) is 11.6 Å². The number of aromatic nitrogens is 3. The number of anilines is 2. The van der Waals surface area contributed by atoms with Crippen LogP contribution in [0.4, 0.5) is 16.2 Å². The minimum atomic E-state index is 0.150. The highest BCUT2D eigenvalue weighted by Crippen LogP contribution is 2.31. The first-order valence-corrected chi connectivity index (χ1v) is 13.8. The third kappa shape index (κ3) is 4.81. The zero-order valence-corrected chi connectivity index (χ0v) is 22.4. The van der Waals surface area contributed by atoms with Gasteiger partial charge in [-0.2, -0.15) is 0 Å². The van der Waals surface area contributed by atoms with E-state index in [9.17, 15) is 4.79 Å². The highest BCUT2D eigenvalue weighted by atomic mass is 32.1. The Hall–Kier alpha value is -3.43. The number of nitrogens with one attached hydrogen (secondary N) is 2. The Labute approximate surface area is 221 Å². The van der Waals surface area contributed by atoms with E-state index < -0.39 is 0 Å². The molecule has 3 aromatic heterocycles. The topological polar surface area (TPSA) is 80.4 Å². The molecular weight excluding hydrogens is 482 g/mol. The molecule has 1 fully saturated rings. The molecule has 2 N–H and O–H groups in total. The van der Waals surface area contributed by atoms with Gasteiger partial charge in [-0.25, -0.2) is 14.8 Å². The zero-order chi connectivity index (χ0) is 25.6. The molecule has 37 heavy (non-hydrogen) atoms. The average Bonchev–Trinajstić information content (AvgIpc) is 3.55. The van der Waals surface area contributed by atoms with Gasteiger partial charge in [0.05, 0.1) is 21.4 Å². The van der Waals surface area contributed by atoms with E-state index in [0.29, 0.717) is 6.54 Å². The van der Waals surface area contributed by atoms with Gasteiger partial charge in [0.25, 0.3) is 0 Å². The number of aromatic amines is 1. The van der Waals surface area contributed by atoms with Crippen molar-refractivity contribution in [3.8, 4) is 0 Å². The number of urea groups is 1. The average molecular weight is 516 g/mol. The fraction of sp³-hybridized carbons (Fsp3) is 0.393. The van der Waals surface area contributed by atoms with Crippen LogP contribution in [0.3, 0.4) is 0 Å². The van der Waals surface area contributed by atoms with Crippen molar-refractivity contribution >= 4 is 55.6 Å². The van der Waals surface area contributed by atoms with E-state index in [4.69, 9.17) is 0 Å². The molecule has 0 saturated carbocycles. The summed E-state index contributed by atoms with van der Waals surface area (Å²) in [5.74, 6) is 0. The molecule has 0 aliphatic carbocycles. The number of nitrogens with zero attached hydrogens (tertiary/aromatic N) is 5. The molecule has 8 nitrogen and oxygen atoms in total. The van der Waals surface area contributed by atoms with Crippen LogP contribution < -0.4 is 5.32 Å². The third-order valence-corrected chi connectivity index (χ3v) is 8.26. The Morgan fingerprint density at radius 2 is 1.86 bits per heavy atom. The molecule has 9 heteroatoms. The number of fused-ring (bicyclic) bond motifs is 2. The number of pyridine rings is 1. The molecule has 6 rings (SSSR count). The van der Waals surface area contributed by atoms with Crippen LogP contribution >= 0.6 is 11.3 Å². The number of piperazine rings is 1. The second-order valence-corrected chi connectivity index (χ2v) is 11.7. The van der Waals surface area contributed by atoms with E-state index in [1.54, 1.807) is 11.3 Å². The highest BCUT2D eigenvalue weighted by molar-refractivity contribution is 7.16. The lowest BCUT2D eigenvalue weighted by Crippen LogP contribution is -2.57. The van der Waals surface area contributed by atoms with Gasteiger partial charge in [-0.05, 0) is 63.1 Å². The maximum atomic E-state index is 13.2. The molecule has 2 aliphatic rings. The summed E-state index contributed by atoms with van der Waals surface area (Å²) in [7, 11) is 0. The number of thiazole rings is 1. The molecule has 0 spiro atoms. The summed E-state index contributed by atoms with van der Waals surface area (Å²) in [5.41, 5.74) is 8.24. The minimum Gasteiger partial charge on any atom is -0.355 e. The molecule has 0 bridgehead atoms. The summed E-state index contributed by atoms with van der Waals surface area (Å²) in [6, 6.07) is 10.6. The Balaban J connectivity index is 1.14. The van der Waals surface area contributed by atoms with Crippen LogP contribution in [0, 0.1) is 0 Å². The number of rotatable bonds is 3. The molecule has 192 valence electrons. The SMILES string of the molecule is CC(C)(C)N1CCN(C(=O)N2CC=C(c3cc4c(Nc5ccc6ncsc6c5)ccnc4[nH]3)CC2)CC1. The van der Waals surface area contributed by atoms with Crippen LogP contribution in [0.15, 0.2) is 48.1 Å². The predicted octanol–water partition coefficient (Wildman–Crippen LogP) is 5.54. The van der Waals surface area contributed by atoms with Crippen molar-refractivity contribution in [1.29, 1.82) is 0 Å². The van der Waals surface area contributed by atoms with Gasteiger partial charge in [-0.1, -0.05) is 6.08 Å². The number of hydrogen-bond donors (Lipinski definition) is 2. The summed E-state index contributed by atoms with van der Waals surface area (Å²) in [6.45, 7) is 11.5. The Kier molecular flexibility index (Phi) is 6.12. The number of carbonyl (C=O) groups excluding carboxylic acids is 1. The summed E-state index contributed by atoms with van der Waals surface area (Å²) >= 11 is 1.64. The van der Waals surface area contributed by atoms with Crippen LogP contribution in [0.25, 0.3) is 26.8 Å². The van der Waals surface area contributed by atoms with Crippen LogP contribution in [0.1, 0.15) is 32.9 Å². The molecule has 2 aliphatic heterocycles. The fourth-order valence-corrected chi connectivity index (χ4v) is 5.97. The quantitative estimate of drug-likeness (QED) is 0.374. The summed E-state index contributed by atoms with van der Waals surface area (Å²) < 4.78 is 1.16. The number of benzene rings is 1. The monoisotopic (exact) mass is 515 g/mol. The van der Waals surface area contributed by atoms with Gasteiger partial charge in [-0.3, -0.25) is 4.90 Å². The van der Waals surface area contributed by atoms with Crippen molar-refractivity contribution in [2.45, 2.75) is 32.7 Å². The maximum Gasteiger partial charge on any atom is 0.320 e. The van der Waals surface area contributed by atoms with E-state index >= 15 is 0 Å². The number of H-pyrrole nitrogens is 1. The van der Waals surface area contributed by atoms with Crippen LogP contribution in [-0.4, -0.2) is 80.5 Å². The van der Waals surface area contributed by atoms with Gasteiger partial charge in [0.15, 0.2) is 0 Å². The van der Waals surface area contributed by atoms with Crippen molar-refractivity contribution in [1.82, 2.24) is 29.7 Å². The molecule has 0 unspecified atom stereocenters. The van der Waals surface area contributed by atoms with E-state index in [1.807, 2.05) is 33.6 Å². The second kappa shape index (κ2) is 9.46. The van der Waals surface area contributed by atoms with Crippen molar-refractivity contribution < 1.29 is 4.79 Å². The highest BCUT2D eigenvalue weighted by Gasteiger charge is 2.30. The van der Waals surface area contributed by atoms with E-state index in [1.165, 1.54) is 5.57 Å². The maximum absolute atomic E-state index is 13.2. The molecule has 1 saturated heterocycles. The zero-order valence-electron chi connectivity index (χ0n) is 21.6. The van der Waals surface area contributed by atoms with Crippen LogP contribution in [0.2, 0.25) is 0 Å². The fourth-order valence-electron chi connectivity index (χ4n) is 5.25. The Morgan fingerprint density at radius 3 is 2.62 bits per heavy atom. The van der Waals surface area contributed by atoms with Crippen molar-refractivity contribution in [2.24, 2.45) is 0 Å². The minimum absolute atomic E-state index is 0.150. The van der Waals surface area contributed by atoms with Crippen molar-refractivity contribution in [3.05, 3.63) is 53.8 Å². The second-order valence-electron chi connectivity index (χ2n) is 10.8. The third-order valence-electron chi connectivity index (χ3n) is 7.47. The summed E-state index contributed by atoms with van der Waals surface area (Å²) in [4.78, 5) is 32.0. The number of carbonyl (C=O) groups is 1. The lowest BCUT2D eigenvalue weighted by Gasteiger charge is -2.43. The smallest absolute Gasteiger partial charge is 0.320 e. The summed E-state index contributed by atoms with van der Waals surface area (Å²) in [5, 5.41) is 4.61. The lowest BCUT2D eigenvalue weighted by molar-refractivity contribution is 0.0649. The van der Waals surface area contributed by atoms with Gasteiger partial charge in [-0.15, -0.1) is 11.3 Å². The molecular formula is C28H33N7OS. The lowest BCUT2D eigenvalue weighted by atomic mass is 10.0. The number of hydrogen-bond acceptors (Lipinski definition) is 6. The predicted molar refractivity (Wildman–Crippen MR) is 151 cm³/mol. The van der Waals surface area contributed by atoms with Gasteiger partial charge < -0.3 is 20.1 Å². The molecule has 0 atom stereocenters. The Bertz CT molecular complexity index is 1470. The van der Waals surface area contributed by atoms with E-state index in [0.717, 1.165) is 77.5 Å². The molecule has 0 radical (unpaired) electrons. The first-order valence-electron chi connectivity index (χ1n) is 12.9. The van der Waals surface area contributed by atoms with Gasteiger partial charge in [0.2, 0.25) is 0 Å². The molecule has 2 amide bonds. The first kappa shape index (κ1) is 23.9. The summed E-state index contributed by atoms with van der Waals surface area (Å²) in [6.07, 6.45) is 4.83. The van der Waals surface area contributed by atoms with Crippen molar-refractivity contribution in [2.75, 3.05) is 44.6 Å². The number of amides is 2.